The van der Waals surface area contributed by atoms with Gasteiger partial charge in [-0.3, -0.25) is 0 Å². The first kappa shape index (κ1) is 11.4. The van der Waals surface area contributed by atoms with Gasteiger partial charge in [-0.2, -0.15) is 0 Å². The van der Waals surface area contributed by atoms with Gasteiger partial charge in [0.05, 0.1) is 11.7 Å². The molecule has 1 spiro atoms. The van der Waals surface area contributed by atoms with E-state index in [1.807, 2.05) is 0 Å². The molecule has 2 unspecified atom stereocenters. The highest BCUT2D eigenvalue weighted by atomic mass is 16.5. The maximum absolute atomic E-state index is 10.3. The van der Waals surface area contributed by atoms with Crippen LogP contribution >= 0.6 is 0 Å². The second-order valence-electron chi connectivity index (χ2n) is 6.45. The van der Waals surface area contributed by atoms with E-state index in [1.54, 1.807) is 0 Å². The number of aliphatic hydroxyl groups is 1. The van der Waals surface area contributed by atoms with E-state index in [9.17, 15) is 5.11 Å². The molecule has 2 atom stereocenters. The number of rotatable bonds is 1. The molecule has 2 rings (SSSR count). The maximum Gasteiger partial charge on any atom is 0.0686 e. The molecule has 1 saturated carbocycles. The Balaban J connectivity index is 1.98. The first-order chi connectivity index (χ1) is 6.93. The highest BCUT2D eigenvalue weighted by Crippen LogP contribution is 2.46. The number of ether oxygens (including phenoxy) is 1. The van der Waals surface area contributed by atoms with E-state index < -0.39 is 0 Å². The Bertz CT molecular complexity index is 225. The molecule has 0 aromatic carbocycles. The van der Waals surface area contributed by atoms with Gasteiger partial charge in [0.2, 0.25) is 0 Å². The number of hydrogen-bond acceptors (Lipinski definition) is 2. The Morgan fingerprint density at radius 1 is 1.33 bits per heavy atom. The van der Waals surface area contributed by atoms with Gasteiger partial charge in [-0.15, -0.1) is 0 Å². The normalized spacial score (nSPS) is 32.4. The van der Waals surface area contributed by atoms with Crippen molar-refractivity contribution in [3.05, 3.63) is 0 Å². The Morgan fingerprint density at radius 2 is 2.00 bits per heavy atom. The first-order valence-corrected chi connectivity index (χ1v) is 6.25. The summed E-state index contributed by atoms with van der Waals surface area (Å²) in [4.78, 5) is 0. The van der Waals surface area contributed by atoms with Gasteiger partial charge < -0.3 is 9.84 Å². The van der Waals surface area contributed by atoms with Crippen LogP contribution in [0.4, 0.5) is 0 Å². The fourth-order valence-corrected chi connectivity index (χ4v) is 2.96. The Morgan fingerprint density at radius 3 is 2.47 bits per heavy atom. The number of aliphatic hydroxyl groups excluding tert-OH is 1. The lowest BCUT2D eigenvalue weighted by atomic mass is 9.68. The molecule has 2 heteroatoms. The average Bonchev–Trinajstić information content (AvgIpc) is 2.13. The lowest BCUT2D eigenvalue weighted by Gasteiger charge is -2.49. The predicted molar refractivity (Wildman–Crippen MR) is 60.7 cm³/mol. The smallest absolute Gasteiger partial charge is 0.0686 e. The quantitative estimate of drug-likeness (QED) is 0.724. The fraction of sp³-hybridized carbons (Fsp3) is 1.00. The predicted octanol–water partition coefficient (Wildman–Crippen LogP) is 2.74. The maximum atomic E-state index is 10.3. The van der Waals surface area contributed by atoms with Crippen LogP contribution < -0.4 is 0 Å². The van der Waals surface area contributed by atoms with E-state index in [1.165, 1.54) is 19.3 Å². The minimum absolute atomic E-state index is 0.00689. The highest BCUT2D eigenvalue weighted by molar-refractivity contribution is 4.96. The van der Waals surface area contributed by atoms with Crippen LogP contribution in [0.15, 0.2) is 0 Å². The zero-order valence-electron chi connectivity index (χ0n) is 10.3. The molecule has 0 aromatic heterocycles. The summed E-state index contributed by atoms with van der Waals surface area (Å²) in [5.41, 5.74) is 0.169. The molecule has 2 fully saturated rings. The molecule has 0 bridgehead atoms. The van der Waals surface area contributed by atoms with Crippen molar-refractivity contribution in [2.75, 3.05) is 6.61 Å². The molecule has 1 aliphatic carbocycles. The summed E-state index contributed by atoms with van der Waals surface area (Å²) >= 11 is 0. The SMILES string of the molecule is CC(C)(C)C(O)C1CCOC2(CCC2)C1. The second kappa shape index (κ2) is 3.74. The molecule has 88 valence electrons. The minimum Gasteiger partial charge on any atom is -0.392 e. The highest BCUT2D eigenvalue weighted by Gasteiger charge is 2.45. The molecule has 15 heavy (non-hydrogen) atoms. The van der Waals surface area contributed by atoms with Gasteiger partial charge in [0.15, 0.2) is 0 Å². The molecule has 1 heterocycles. The van der Waals surface area contributed by atoms with E-state index >= 15 is 0 Å². The van der Waals surface area contributed by atoms with Crippen LogP contribution in [0.3, 0.4) is 0 Å². The molecule has 0 radical (unpaired) electrons. The van der Waals surface area contributed by atoms with Crippen LogP contribution in [-0.4, -0.2) is 23.4 Å². The van der Waals surface area contributed by atoms with E-state index in [-0.39, 0.29) is 17.1 Å². The molecule has 2 aliphatic rings. The van der Waals surface area contributed by atoms with E-state index in [2.05, 4.69) is 20.8 Å². The van der Waals surface area contributed by atoms with Crippen molar-refractivity contribution in [3.63, 3.8) is 0 Å². The van der Waals surface area contributed by atoms with Gasteiger partial charge >= 0.3 is 0 Å². The summed E-state index contributed by atoms with van der Waals surface area (Å²) in [6, 6.07) is 0. The topological polar surface area (TPSA) is 29.5 Å². The van der Waals surface area contributed by atoms with Crippen molar-refractivity contribution < 1.29 is 9.84 Å². The van der Waals surface area contributed by atoms with Crippen LogP contribution in [0.5, 0.6) is 0 Å². The molecule has 2 nitrogen and oxygen atoms in total. The van der Waals surface area contributed by atoms with Gasteiger partial charge in [-0.05, 0) is 43.4 Å². The second-order valence-corrected chi connectivity index (χ2v) is 6.45. The van der Waals surface area contributed by atoms with Gasteiger partial charge in [0.25, 0.3) is 0 Å². The van der Waals surface area contributed by atoms with Crippen molar-refractivity contribution in [3.8, 4) is 0 Å². The van der Waals surface area contributed by atoms with Crippen molar-refractivity contribution in [2.24, 2.45) is 11.3 Å². The summed E-state index contributed by atoms with van der Waals surface area (Å²) in [7, 11) is 0. The molecular weight excluding hydrogens is 188 g/mol. The van der Waals surface area contributed by atoms with E-state index in [0.717, 1.165) is 19.4 Å². The van der Waals surface area contributed by atoms with Crippen molar-refractivity contribution in [1.29, 1.82) is 0 Å². The van der Waals surface area contributed by atoms with Gasteiger partial charge in [-0.25, -0.2) is 0 Å². The third-order valence-corrected chi connectivity index (χ3v) is 4.13. The number of hydrogen-bond donors (Lipinski definition) is 1. The summed E-state index contributed by atoms with van der Waals surface area (Å²) in [5.74, 6) is 0.444. The third-order valence-electron chi connectivity index (χ3n) is 4.13. The van der Waals surface area contributed by atoms with Gasteiger partial charge in [0.1, 0.15) is 0 Å². The van der Waals surface area contributed by atoms with E-state index in [4.69, 9.17) is 4.74 Å². The van der Waals surface area contributed by atoms with Gasteiger partial charge in [0, 0.05) is 6.61 Å². The average molecular weight is 212 g/mol. The molecule has 1 N–H and O–H groups in total. The van der Waals surface area contributed by atoms with Crippen LogP contribution in [0.1, 0.15) is 52.9 Å². The Labute approximate surface area is 93.0 Å². The summed E-state index contributed by atoms with van der Waals surface area (Å²) in [6.45, 7) is 7.22. The Kier molecular flexibility index (Phi) is 2.85. The molecule has 0 aromatic rings. The molecule has 1 aliphatic heterocycles. The summed E-state index contributed by atoms with van der Waals surface area (Å²) < 4.78 is 5.88. The summed E-state index contributed by atoms with van der Waals surface area (Å²) in [5, 5.41) is 10.3. The van der Waals surface area contributed by atoms with Crippen LogP contribution in [0.25, 0.3) is 0 Å². The van der Waals surface area contributed by atoms with Crippen molar-refractivity contribution >= 4 is 0 Å². The van der Waals surface area contributed by atoms with E-state index in [0.29, 0.717) is 5.92 Å². The zero-order chi connectivity index (χ0) is 11.1. The van der Waals surface area contributed by atoms with Crippen LogP contribution in [-0.2, 0) is 4.74 Å². The van der Waals surface area contributed by atoms with Crippen LogP contribution in [0.2, 0.25) is 0 Å². The summed E-state index contributed by atoms with van der Waals surface area (Å²) in [6.07, 6.45) is 5.64. The molecular formula is C13H24O2. The monoisotopic (exact) mass is 212 g/mol. The first-order valence-electron chi connectivity index (χ1n) is 6.25. The van der Waals surface area contributed by atoms with Crippen molar-refractivity contribution in [1.82, 2.24) is 0 Å². The zero-order valence-corrected chi connectivity index (χ0v) is 10.3. The molecule has 0 amide bonds. The van der Waals surface area contributed by atoms with Crippen LogP contribution in [0, 0.1) is 11.3 Å². The minimum atomic E-state index is -0.182. The van der Waals surface area contributed by atoms with Crippen molar-refractivity contribution in [2.45, 2.75) is 64.6 Å². The van der Waals surface area contributed by atoms with Gasteiger partial charge in [-0.1, -0.05) is 20.8 Å². The Hall–Kier alpha value is -0.0800. The third kappa shape index (κ3) is 2.21. The standard InChI is InChI=1S/C13H24O2/c1-12(2,3)11(14)10-5-8-15-13(9-10)6-4-7-13/h10-11,14H,4-9H2,1-3H3. The fourth-order valence-electron chi connectivity index (χ4n) is 2.96. The largest absolute Gasteiger partial charge is 0.392 e. The molecule has 1 saturated heterocycles. The lowest BCUT2D eigenvalue weighted by Crippen LogP contribution is -2.49. The lowest BCUT2D eigenvalue weighted by molar-refractivity contribution is -0.165.